The van der Waals surface area contributed by atoms with Crippen molar-refractivity contribution in [3.8, 4) is 0 Å². The molecule has 1 aromatic carbocycles. The average molecular weight is 273 g/mol. The van der Waals surface area contributed by atoms with Gasteiger partial charge in [-0.2, -0.15) is 0 Å². The molecule has 3 nitrogen and oxygen atoms in total. The van der Waals surface area contributed by atoms with E-state index in [4.69, 9.17) is 4.98 Å². The van der Waals surface area contributed by atoms with Gasteiger partial charge in [-0.3, -0.25) is 0 Å². The molecule has 0 aliphatic carbocycles. The van der Waals surface area contributed by atoms with E-state index in [9.17, 15) is 0 Å². The maximum atomic E-state index is 4.78. The number of hydrogen-bond donors (Lipinski definition) is 1. The number of likely N-dealkylation sites (N-methyl/N-ethyl adjacent to an activating group) is 1. The second-order valence-electron chi connectivity index (χ2n) is 6.01. The van der Waals surface area contributed by atoms with E-state index in [0.717, 1.165) is 24.4 Å². The monoisotopic (exact) mass is 273 g/mol. The number of imidazole rings is 1. The van der Waals surface area contributed by atoms with Crippen LogP contribution in [-0.4, -0.2) is 22.1 Å². The highest BCUT2D eigenvalue weighted by molar-refractivity contribution is 5.75. The smallest absolute Gasteiger partial charge is 0.111 e. The molecule has 1 unspecified atom stereocenters. The molecule has 0 amide bonds. The third-order valence-corrected chi connectivity index (χ3v) is 3.89. The lowest BCUT2D eigenvalue weighted by Gasteiger charge is -2.18. The SMILES string of the molecule is CCNC(CCC(C)C)Cc1nc2ccccc2n1C. The zero-order chi connectivity index (χ0) is 14.5. The number of hydrogen-bond acceptors (Lipinski definition) is 2. The number of rotatable bonds is 7. The lowest BCUT2D eigenvalue weighted by molar-refractivity contribution is 0.427. The Morgan fingerprint density at radius 2 is 1.95 bits per heavy atom. The van der Waals surface area contributed by atoms with Crippen molar-refractivity contribution in [1.29, 1.82) is 0 Å². The summed E-state index contributed by atoms with van der Waals surface area (Å²) in [6, 6.07) is 8.89. The largest absolute Gasteiger partial charge is 0.331 e. The second-order valence-corrected chi connectivity index (χ2v) is 6.01. The Kier molecular flexibility index (Phi) is 5.18. The van der Waals surface area contributed by atoms with Gasteiger partial charge < -0.3 is 9.88 Å². The van der Waals surface area contributed by atoms with Crippen molar-refractivity contribution in [3.05, 3.63) is 30.1 Å². The zero-order valence-corrected chi connectivity index (χ0v) is 13.2. The molecule has 0 saturated heterocycles. The zero-order valence-electron chi connectivity index (χ0n) is 13.2. The summed E-state index contributed by atoms with van der Waals surface area (Å²) in [4.78, 5) is 4.78. The van der Waals surface area contributed by atoms with Crippen LogP contribution in [-0.2, 0) is 13.5 Å². The Balaban J connectivity index is 2.13. The maximum Gasteiger partial charge on any atom is 0.111 e. The molecule has 1 aromatic heterocycles. The van der Waals surface area contributed by atoms with Crippen LogP contribution in [0.3, 0.4) is 0 Å². The number of para-hydroxylation sites is 2. The summed E-state index contributed by atoms with van der Waals surface area (Å²) in [6.45, 7) is 7.78. The van der Waals surface area contributed by atoms with E-state index >= 15 is 0 Å². The number of nitrogens with one attached hydrogen (secondary N) is 1. The summed E-state index contributed by atoms with van der Waals surface area (Å²) in [6.07, 6.45) is 3.49. The van der Waals surface area contributed by atoms with Crippen LogP contribution in [0.25, 0.3) is 11.0 Å². The molecule has 3 heteroatoms. The summed E-state index contributed by atoms with van der Waals surface area (Å²) in [5.41, 5.74) is 2.32. The molecule has 0 aliphatic rings. The summed E-state index contributed by atoms with van der Waals surface area (Å²) in [5.74, 6) is 1.94. The Morgan fingerprint density at radius 3 is 2.60 bits per heavy atom. The van der Waals surface area contributed by atoms with E-state index in [-0.39, 0.29) is 0 Å². The van der Waals surface area contributed by atoms with Crippen molar-refractivity contribution in [2.45, 2.75) is 46.1 Å². The van der Waals surface area contributed by atoms with Gasteiger partial charge >= 0.3 is 0 Å². The van der Waals surface area contributed by atoms with Crippen LogP contribution in [0.15, 0.2) is 24.3 Å². The third-order valence-electron chi connectivity index (χ3n) is 3.89. The first-order valence-electron chi connectivity index (χ1n) is 7.75. The first kappa shape index (κ1) is 15.0. The molecule has 0 aliphatic heterocycles. The summed E-state index contributed by atoms with van der Waals surface area (Å²) >= 11 is 0. The van der Waals surface area contributed by atoms with Gasteiger partial charge in [0.05, 0.1) is 11.0 Å². The summed E-state index contributed by atoms with van der Waals surface area (Å²) < 4.78 is 2.23. The molecular formula is C17H27N3. The first-order chi connectivity index (χ1) is 9.61. The Morgan fingerprint density at radius 1 is 1.20 bits per heavy atom. The molecule has 110 valence electrons. The predicted octanol–water partition coefficient (Wildman–Crippen LogP) is 3.53. The van der Waals surface area contributed by atoms with E-state index < -0.39 is 0 Å². The van der Waals surface area contributed by atoms with Gasteiger partial charge in [0.25, 0.3) is 0 Å². The van der Waals surface area contributed by atoms with Crippen molar-refractivity contribution in [2.75, 3.05) is 6.54 Å². The standard InChI is InChI=1S/C17H27N3/c1-5-18-14(11-10-13(2)3)12-17-19-15-8-6-7-9-16(15)20(17)4/h6-9,13-14,18H,5,10-12H2,1-4H3. The molecule has 0 radical (unpaired) electrons. The van der Waals surface area contributed by atoms with E-state index in [0.29, 0.717) is 6.04 Å². The van der Waals surface area contributed by atoms with E-state index in [2.05, 4.69) is 62.0 Å². The molecule has 1 heterocycles. The molecule has 20 heavy (non-hydrogen) atoms. The maximum absolute atomic E-state index is 4.78. The number of aryl methyl sites for hydroxylation is 1. The molecule has 2 aromatic rings. The van der Waals surface area contributed by atoms with Crippen molar-refractivity contribution < 1.29 is 0 Å². The van der Waals surface area contributed by atoms with Crippen LogP contribution in [0.1, 0.15) is 39.4 Å². The molecule has 1 N–H and O–H groups in total. The van der Waals surface area contributed by atoms with Gasteiger partial charge in [0.1, 0.15) is 5.82 Å². The minimum absolute atomic E-state index is 0.526. The molecule has 1 atom stereocenters. The highest BCUT2D eigenvalue weighted by Crippen LogP contribution is 2.17. The van der Waals surface area contributed by atoms with Gasteiger partial charge in [-0.25, -0.2) is 4.98 Å². The first-order valence-corrected chi connectivity index (χ1v) is 7.75. The summed E-state index contributed by atoms with van der Waals surface area (Å²) in [5, 5.41) is 3.60. The third kappa shape index (κ3) is 3.60. The van der Waals surface area contributed by atoms with E-state index in [1.165, 1.54) is 24.2 Å². The van der Waals surface area contributed by atoms with Crippen LogP contribution in [0.4, 0.5) is 0 Å². The lowest BCUT2D eigenvalue weighted by Crippen LogP contribution is -2.32. The number of nitrogens with zero attached hydrogens (tertiary/aromatic N) is 2. The van der Waals surface area contributed by atoms with Gasteiger partial charge in [-0.1, -0.05) is 32.9 Å². The van der Waals surface area contributed by atoms with Crippen molar-refractivity contribution in [1.82, 2.24) is 14.9 Å². The number of aromatic nitrogens is 2. The van der Waals surface area contributed by atoms with Gasteiger partial charge in [0.2, 0.25) is 0 Å². The van der Waals surface area contributed by atoms with Crippen LogP contribution in [0.2, 0.25) is 0 Å². The van der Waals surface area contributed by atoms with E-state index in [1.807, 2.05) is 0 Å². The normalized spacial score (nSPS) is 13.2. The van der Waals surface area contributed by atoms with Crippen molar-refractivity contribution >= 4 is 11.0 Å². The molecule has 0 spiro atoms. The van der Waals surface area contributed by atoms with Gasteiger partial charge in [-0.15, -0.1) is 0 Å². The average Bonchev–Trinajstić information content (AvgIpc) is 2.74. The molecule has 0 fully saturated rings. The Labute approximate surface area is 122 Å². The van der Waals surface area contributed by atoms with Gasteiger partial charge in [0.15, 0.2) is 0 Å². The molecule has 0 saturated carbocycles. The topological polar surface area (TPSA) is 29.9 Å². The van der Waals surface area contributed by atoms with Crippen LogP contribution in [0, 0.1) is 5.92 Å². The second kappa shape index (κ2) is 6.89. The minimum Gasteiger partial charge on any atom is -0.331 e. The highest BCUT2D eigenvalue weighted by atomic mass is 15.1. The van der Waals surface area contributed by atoms with Crippen LogP contribution < -0.4 is 5.32 Å². The predicted molar refractivity (Wildman–Crippen MR) is 86.0 cm³/mol. The quantitative estimate of drug-likeness (QED) is 0.836. The van der Waals surface area contributed by atoms with Crippen LogP contribution in [0.5, 0.6) is 0 Å². The summed E-state index contributed by atoms with van der Waals surface area (Å²) in [7, 11) is 2.12. The molecule has 2 rings (SSSR count). The van der Waals surface area contributed by atoms with Gasteiger partial charge in [-0.05, 0) is 37.4 Å². The Bertz CT molecular complexity index is 542. The fourth-order valence-corrected chi connectivity index (χ4v) is 2.70. The van der Waals surface area contributed by atoms with Crippen LogP contribution >= 0.6 is 0 Å². The van der Waals surface area contributed by atoms with Crippen molar-refractivity contribution in [2.24, 2.45) is 13.0 Å². The minimum atomic E-state index is 0.526. The lowest BCUT2D eigenvalue weighted by atomic mass is 10.0. The van der Waals surface area contributed by atoms with E-state index in [1.54, 1.807) is 0 Å². The van der Waals surface area contributed by atoms with Gasteiger partial charge in [0, 0.05) is 19.5 Å². The van der Waals surface area contributed by atoms with Crippen molar-refractivity contribution in [3.63, 3.8) is 0 Å². The Hall–Kier alpha value is -1.35. The number of fused-ring (bicyclic) bond motifs is 1. The number of benzene rings is 1. The highest BCUT2D eigenvalue weighted by Gasteiger charge is 2.14. The fraction of sp³-hybridized carbons (Fsp3) is 0.588. The molecular weight excluding hydrogens is 246 g/mol. The molecule has 0 bridgehead atoms. The fourth-order valence-electron chi connectivity index (χ4n) is 2.70.